The van der Waals surface area contributed by atoms with E-state index in [2.05, 4.69) is 11.9 Å². The van der Waals surface area contributed by atoms with Gasteiger partial charge in [0.1, 0.15) is 11.1 Å². The van der Waals surface area contributed by atoms with Gasteiger partial charge in [-0.05, 0) is 19.4 Å². The molecular formula is C16H23ClN2O3. The van der Waals surface area contributed by atoms with Crippen molar-refractivity contribution in [3.05, 3.63) is 22.8 Å². The molecule has 1 saturated heterocycles. The molecule has 0 N–H and O–H groups in total. The van der Waals surface area contributed by atoms with Gasteiger partial charge in [-0.15, -0.1) is 0 Å². The minimum atomic E-state index is -0.0406. The molecular weight excluding hydrogens is 304 g/mol. The molecule has 122 valence electrons. The molecule has 0 aromatic carbocycles. The van der Waals surface area contributed by atoms with E-state index in [0.717, 1.165) is 25.8 Å². The van der Waals surface area contributed by atoms with Gasteiger partial charge in [0.05, 0.1) is 18.8 Å². The molecule has 0 radical (unpaired) electrons. The molecule has 0 saturated carbocycles. The monoisotopic (exact) mass is 326 g/mol. The Bertz CT molecular complexity index is 504. The molecule has 1 fully saturated rings. The summed E-state index contributed by atoms with van der Waals surface area (Å²) in [6.45, 7) is 6.76. The van der Waals surface area contributed by atoms with Gasteiger partial charge in [0.2, 0.25) is 5.88 Å². The molecule has 2 rings (SSSR count). The van der Waals surface area contributed by atoms with Crippen LogP contribution < -0.4 is 4.74 Å². The Kier molecular flexibility index (Phi) is 6.46. The highest BCUT2D eigenvalue weighted by Crippen LogP contribution is 2.25. The van der Waals surface area contributed by atoms with Gasteiger partial charge in [-0.25, -0.2) is 4.98 Å². The van der Waals surface area contributed by atoms with Crippen LogP contribution in [0.2, 0.25) is 5.02 Å². The van der Waals surface area contributed by atoms with Crippen LogP contribution in [0.25, 0.3) is 0 Å². The number of halogens is 1. The number of carbonyl (C=O) groups excluding carboxylic acids is 1. The maximum Gasteiger partial charge on any atom is 0.255 e. The number of amides is 1. The highest BCUT2D eigenvalue weighted by molar-refractivity contribution is 6.32. The van der Waals surface area contributed by atoms with Gasteiger partial charge in [-0.2, -0.15) is 0 Å². The fourth-order valence-corrected chi connectivity index (χ4v) is 2.54. The fraction of sp³-hybridized carbons (Fsp3) is 0.625. The number of carbonyl (C=O) groups is 1. The SMILES string of the molecule is CCCCN(CC)C(=O)c1cnc(OC2CCOC2)c(Cl)c1. The second-order valence-corrected chi connectivity index (χ2v) is 5.76. The summed E-state index contributed by atoms with van der Waals surface area (Å²) < 4.78 is 11.0. The molecule has 1 atom stereocenters. The summed E-state index contributed by atoms with van der Waals surface area (Å²) in [5.41, 5.74) is 0.498. The molecule has 1 amide bonds. The smallest absolute Gasteiger partial charge is 0.255 e. The average molecular weight is 327 g/mol. The maximum absolute atomic E-state index is 12.5. The molecule has 1 unspecified atom stereocenters. The number of rotatable bonds is 7. The van der Waals surface area contributed by atoms with Crippen LogP contribution in [0.15, 0.2) is 12.3 Å². The number of hydrogen-bond acceptors (Lipinski definition) is 4. The third-order valence-corrected chi connectivity index (χ3v) is 3.94. The first-order valence-corrected chi connectivity index (χ1v) is 8.22. The first-order chi connectivity index (χ1) is 10.7. The third kappa shape index (κ3) is 4.34. The first kappa shape index (κ1) is 17.0. The van der Waals surface area contributed by atoms with Gasteiger partial charge in [0, 0.05) is 25.7 Å². The topological polar surface area (TPSA) is 51.7 Å². The van der Waals surface area contributed by atoms with E-state index in [9.17, 15) is 4.79 Å². The molecule has 2 heterocycles. The summed E-state index contributed by atoms with van der Waals surface area (Å²) >= 11 is 6.21. The summed E-state index contributed by atoms with van der Waals surface area (Å²) in [5, 5.41) is 0.365. The number of hydrogen-bond donors (Lipinski definition) is 0. The lowest BCUT2D eigenvalue weighted by Gasteiger charge is -2.21. The number of nitrogens with zero attached hydrogens (tertiary/aromatic N) is 2. The van der Waals surface area contributed by atoms with E-state index in [1.54, 1.807) is 6.07 Å². The quantitative estimate of drug-likeness (QED) is 0.772. The van der Waals surface area contributed by atoms with Crippen LogP contribution in [-0.2, 0) is 4.74 Å². The summed E-state index contributed by atoms with van der Waals surface area (Å²) in [6, 6.07) is 1.64. The average Bonchev–Trinajstić information content (AvgIpc) is 3.03. The Hall–Kier alpha value is -1.33. The summed E-state index contributed by atoms with van der Waals surface area (Å²) in [4.78, 5) is 18.5. The van der Waals surface area contributed by atoms with E-state index in [-0.39, 0.29) is 12.0 Å². The highest BCUT2D eigenvalue weighted by Gasteiger charge is 2.21. The fourth-order valence-electron chi connectivity index (χ4n) is 2.33. The van der Waals surface area contributed by atoms with Crippen LogP contribution >= 0.6 is 11.6 Å². The zero-order valence-electron chi connectivity index (χ0n) is 13.2. The van der Waals surface area contributed by atoms with Crippen LogP contribution in [0, 0.1) is 0 Å². The van der Waals surface area contributed by atoms with Crippen molar-refractivity contribution in [1.82, 2.24) is 9.88 Å². The number of pyridine rings is 1. The molecule has 1 aromatic rings. The molecule has 0 bridgehead atoms. The molecule has 6 heteroatoms. The second kappa shape index (κ2) is 8.34. The Morgan fingerprint density at radius 2 is 2.36 bits per heavy atom. The van der Waals surface area contributed by atoms with Crippen molar-refractivity contribution in [1.29, 1.82) is 0 Å². The molecule has 0 aliphatic carbocycles. The van der Waals surface area contributed by atoms with Gasteiger partial charge in [-0.1, -0.05) is 24.9 Å². The first-order valence-electron chi connectivity index (χ1n) is 7.84. The maximum atomic E-state index is 12.5. The lowest BCUT2D eigenvalue weighted by Crippen LogP contribution is -2.31. The van der Waals surface area contributed by atoms with Crippen LogP contribution in [-0.4, -0.2) is 48.2 Å². The second-order valence-electron chi connectivity index (χ2n) is 5.35. The lowest BCUT2D eigenvalue weighted by molar-refractivity contribution is 0.0761. The van der Waals surface area contributed by atoms with Crippen LogP contribution in [0.1, 0.15) is 43.5 Å². The Labute approximate surface area is 136 Å². The van der Waals surface area contributed by atoms with Crippen molar-refractivity contribution in [2.75, 3.05) is 26.3 Å². The van der Waals surface area contributed by atoms with Crippen molar-refractivity contribution >= 4 is 17.5 Å². The van der Waals surface area contributed by atoms with Crippen LogP contribution in [0.3, 0.4) is 0 Å². The number of unbranched alkanes of at least 4 members (excludes halogenated alkanes) is 1. The summed E-state index contributed by atoms with van der Waals surface area (Å²) in [5.74, 6) is 0.325. The predicted octanol–water partition coefficient (Wildman–Crippen LogP) is 3.16. The van der Waals surface area contributed by atoms with Crippen LogP contribution in [0.4, 0.5) is 0 Å². The normalized spacial score (nSPS) is 17.5. The number of ether oxygens (including phenoxy) is 2. The van der Waals surface area contributed by atoms with E-state index in [1.807, 2.05) is 11.8 Å². The van der Waals surface area contributed by atoms with Gasteiger partial charge in [0.25, 0.3) is 5.91 Å². The minimum absolute atomic E-state index is 0.0109. The van der Waals surface area contributed by atoms with Gasteiger partial charge < -0.3 is 14.4 Å². The van der Waals surface area contributed by atoms with E-state index in [1.165, 1.54) is 6.20 Å². The Morgan fingerprint density at radius 3 is 2.95 bits per heavy atom. The standard InChI is InChI=1S/C16H23ClN2O3/c1-3-5-7-19(4-2)16(20)12-9-14(17)15(18-10-12)22-13-6-8-21-11-13/h9-10,13H,3-8,11H2,1-2H3. The molecule has 1 aliphatic heterocycles. The van der Waals surface area contributed by atoms with Crippen molar-refractivity contribution in [2.45, 2.75) is 39.2 Å². The minimum Gasteiger partial charge on any atom is -0.471 e. The van der Waals surface area contributed by atoms with Gasteiger partial charge in [-0.3, -0.25) is 4.79 Å². The highest BCUT2D eigenvalue weighted by atomic mass is 35.5. The molecule has 0 spiro atoms. The van der Waals surface area contributed by atoms with E-state index in [4.69, 9.17) is 21.1 Å². The Balaban J connectivity index is 2.05. The van der Waals surface area contributed by atoms with E-state index < -0.39 is 0 Å². The zero-order chi connectivity index (χ0) is 15.9. The van der Waals surface area contributed by atoms with E-state index in [0.29, 0.717) is 36.2 Å². The summed E-state index contributed by atoms with van der Waals surface area (Å²) in [6.07, 6.45) is 4.40. The number of aromatic nitrogens is 1. The lowest BCUT2D eigenvalue weighted by atomic mass is 10.2. The third-order valence-electron chi connectivity index (χ3n) is 3.67. The predicted molar refractivity (Wildman–Crippen MR) is 85.6 cm³/mol. The van der Waals surface area contributed by atoms with Crippen molar-refractivity contribution in [3.8, 4) is 5.88 Å². The van der Waals surface area contributed by atoms with Crippen molar-refractivity contribution in [3.63, 3.8) is 0 Å². The zero-order valence-corrected chi connectivity index (χ0v) is 13.9. The summed E-state index contributed by atoms with van der Waals surface area (Å²) in [7, 11) is 0. The molecule has 1 aromatic heterocycles. The molecule has 1 aliphatic rings. The molecule has 5 nitrogen and oxygen atoms in total. The van der Waals surface area contributed by atoms with Gasteiger partial charge >= 0.3 is 0 Å². The largest absolute Gasteiger partial charge is 0.471 e. The van der Waals surface area contributed by atoms with Crippen molar-refractivity contribution in [2.24, 2.45) is 0 Å². The van der Waals surface area contributed by atoms with E-state index >= 15 is 0 Å². The van der Waals surface area contributed by atoms with Crippen molar-refractivity contribution < 1.29 is 14.3 Å². The van der Waals surface area contributed by atoms with Gasteiger partial charge in [0.15, 0.2) is 0 Å². The Morgan fingerprint density at radius 1 is 1.55 bits per heavy atom. The molecule has 22 heavy (non-hydrogen) atoms. The van der Waals surface area contributed by atoms with Crippen LogP contribution in [0.5, 0.6) is 5.88 Å².